The van der Waals surface area contributed by atoms with Crippen LogP contribution in [0, 0.1) is 56.7 Å². The Morgan fingerprint density at radius 1 is 1.12 bits per heavy atom. The summed E-state index contributed by atoms with van der Waals surface area (Å²) in [6, 6.07) is 4.64. The molecule has 0 aromatic heterocycles. The molecule has 0 heterocycles. The number of Topliss-reactive ketones (excluding diaryl/α,β-unsaturated/α-hetero) is 1. The minimum Gasteiger partial charge on any atom is -0.298 e. The summed E-state index contributed by atoms with van der Waals surface area (Å²) in [6.45, 7) is 12.6. The van der Waals surface area contributed by atoms with Gasteiger partial charge < -0.3 is 0 Å². The number of carbonyl (C=O) groups excluding carboxylic acids is 1. The van der Waals surface area contributed by atoms with Gasteiger partial charge in [0, 0.05) is 5.41 Å². The molecule has 24 heavy (non-hydrogen) atoms. The Balaban J connectivity index is 2.15. The summed E-state index contributed by atoms with van der Waals surface area (Å²) in [6.07, 6.45) is 5.51. The van der Waals surface area contributed by atoms with Crippen LogP contribution in [0.15, 0.2) is 23.8 Å². The van der Waals surface area contributed by atoms with Crippen molar-refractivity contribution in [1.29, 1.82) is 10.5 Å². The van der Waals surface area contributed by atoms with Crippen molar-refractivity contribution in [2.45, 2.75) is 53.4 Å². The Hall–Kier alpha value is -1.87. The lowest BCUT2D eigenvalue weighted by atomic mass is 9.42. The first-order chi connectivity index (χ1) is 11.1. The first kappa shape index (κ1) is 17.0. The lowest BCUT2D eigenvalue weighted by Crippen LogP contribution is -2.57. The molecule has 0 aromatic carbocycles. The number of carbonyl (C=O) groups is 1. The zero-order chi connectivity index (χ0) is 17.9. The minimum absolute atomic E-state index is 0.0245. The fourth-order valence-electron chi connectivity index (χ4n) is 5.99. The monoisotopic (exact) mass is 322 g/mol. The first-order valence-electron chi connectivity index (χ1n) is 8.85. The van der Waals surface area contributed by atoms with E-state index in [9.17, 15) is 15.3 Å². The van der Waals surface area contributed by atoms with Crippen LogP contribution in [0.1, 0.15) is 53.4 Å². The van der Waals surface area contributed by atoms with Gasteiger partial charge in [-0.1, -0.05) is 45.9 Å². The third kappa shape index (κ3) is 2.04. The number of nitrogens with zero attached hydrogens (tertiary/aromatic N) is 2. The molecule has 0 bridgehead atoms. The van der Waals surface area contributed by atoms with Gasteiger partial charge in [0.05, 0.1) is 18.1 Å². The third-order valence-corrected chi connectivity index (χ3v) is 7.21. The Kier molecular flexibility index (Phi) is 3.58. The van der Waals surface area contributed by atoms with Crippen LogP contribution in [-0.2, 0) is 4.79 Å². The fraction of sp³-hybridized carbons (Fsp3) is 0.667. The van der Waals surface area contributed by atoms with Crippen LogP contribution < -0.4 is 0 Å². The average molecular weight is 322 g/mol. The molecule has 5 atom stereocenters. The van der Waals surface area contributed by atoms with Gasteiger partial charge >= 0.3 is 0 Å². The molecule has 3 nitrogen and oxygen atoms in total. The molecule has 0 aromatic rings. The summed E-state index contributed by atoms with van der Waals surface area (Å²) < 4.78 is 0. The predicted molar refractivity (Wildman–Crippen MR) is 92.4 cm³/mol. The molecule has 3 heteroatoms. The Labute approximate surface area is 145 Å². The van der Waals surface area contributed by atoms with E-state index in [2.05, 4.69) is 38.6 Å². The molecule has 0 amide bonds. The quantitative estimate of drug-likeness (QED) is 0.656. The maximum atomic E-state index is 12.8. The van der Waals surface area contributed by atoms with Crippen LogP contribution in [0.4, 0.5) is 0 Å². The number of fused-ring (bicyclic) bond motifs is 3. The second-order valence-electron chi connectivity index (χ2n) is 9.06. The highest BCUT2D eigenvalue weighted by molar-refractivity contribution is 5.90. The molecule has 3 aliphatic rings. The van der Waals surface area contributed by atoms with Gasteiger partial charge in [-0.25, -0.2) is 0 Å². The summed E-state index contributed by atoms with van der Waals surface area (Å²) in [7, 11) is 0. The summed E-state index contributed by atoms with van der Waals surface area (Å²) in [5, 5.41) is 19.0. The zero-order valence-corrected chi connectivity index (χ0v) is 15.1. The number of hydrogen-bond acceptors (Lipinski definition) is 3. The fourth-order valence-corrected chi connectivity index (χ4v) is 5.99. The van der Waals surface area contributed by atoms with Crippen molar-refractivity contribution >= 4 is 5.78 Å². The van der Waals surface area contributed by atoms with Crippen molar-refractivity contribution in [3.05, 3.63) is 23.8 Å². The van der Waals surface area contributed by atoms with Crippen molar-refractivity contribution in [3.63, 3.8) is 0 Å². The number of nitriles is 2. The van der Waals surface area contributed by atoms with Crippen LogP contribution in [-0.4, -0.2) is 5.78 Å². The van der Waals surface area contributed by atoms with Gasteiger partial charge in [-0.05, 0) is 48.0 Å². The third-order valence-electron chi connectivity index (χ3n) is 7.21. The highest BCUT2D eigenvalue weighted by atomic mass is 16.1. The highest BCUT2D eigenvalue weighted by Crippen LogP contribution is 2.66. The van der Waals surface area contributed by atoms with Gasteiger partial charge in [0.2, 0.25) is 0 Å². The molecule has 4 unspecified atom stereocenters. The van der Waals surface area contributed by atoms with E-state index in [1.54, 1.807) is 0 Å². The second-order valence-corrected chi connectivity index (χ2v) is 9.06. The molecule has 2 saturated carbocycles. The van der Waals surface area contributed by atoms with Crippen LogP contribution in [0.2, 0.25) is 0 Å². The molecular weight excluding hydrogens is 296 g/mol. The minimum atomic E-state index is -0.536. The number of hydrogen-bond donors (Lipinski definition) is 0. The standard InChI is InChI=1S/C21H26N2O/c1-13-8-17-20(4,9-14(13)11-22)7-6-16-19(2,3)18(24)15(12-23)10-21(16,17)5/h8,14-16H,1,6-7,9-10H2,2-5H3/t14?,15?,16?,20?,21-/m0/s1. The first-order valence-corrected chi connectivity index (χ1v) is 8.85. The number of ketones is 1. The van der Waals surface area contributed by atoms with Crippen molar-refractivity contribution < 1.29 is 4.79 Å². The van der Waals surface area contributed by atoms with Crippen molar-refractivity contribution in [2.24, 2.45) is 34.0 Å². The number of allylic oxidation sites excluding steroid dienone is 3. The van der Waals surface area contributed by atoms with Crippen molar-refractivity contribution in [1.82, 2.24) is 0 Å². The van der Waals surface area contributed by atoms with E-state index in [-0.39, 0.29) is 28.4 Å². The van der Waals surface area contributed by atoms with Gasteiger partial charge in [0.15, 0.2) is 5.78 Å². The van der Waals surface area contributed by atoms with Crippen molar-refractivity contribution in [2.75, 3.05) is 0 Å². The SMILES string of the molecule is C=C1C=C2C(C)(CCC3C(C)(C)C(=O)C(C#N)C[C@]23C)CC1C#N. The van der Waals surface area contributed by atoms with E-state index >= 15 is 0 Å². The van der Waals surface area contributed by atoms with Gasteiger partial charge in [-0.15, -0.1) is 0 Å². The van der Waals surface area contributed by atoms with E-state index in [1.807, 2.05) is 13.8 Å². The van der Waals surface area contributed by atoms with E-state index in [1.165, 1.54) is 5.57 Å². The van der Waals surface area contributed by atoms with Crippen LogP contribution >= 0.6 is 0 Å². The molecule has 0 aliphatic heterocycles. The highest BCUT2D eigenvalue weighted by Gasteiger charge is 2.61. The molecule has 0 radical (unpaired) electrons. The van der Waals surface area contributed by atoms with Gasteiger partial charge in [-0.3, -0.25) is 4.79 Å². The maximum Gasteiger partial charge on any atom is 0.155 e. The van der Waals surface area contributed by atoms with E-state index in [0.29, 0.717) is 6.42 Å². The Morgan fingerprint density at radius 3 is 2.33 bits per heavy atom. The molecule has 3 rings (SSSR count). The molecule has 0 saturated heterocycles. The Morgan fingerprint density at radius 2 is 1.75 bits per heavy atom. The summed E-state index contributed by atoms with van der Waals surface area (Å²) >= 11 is 0. The van der Waals surface area contributed by atoms with Gasteiger partial charge in [0.1, 0.15) is 5.92 Å². The molecule has 2 fully saturated rings. The molecule has 0 N–H and O–H groups in total. The molecule has 126 valence electrons. The van der Waals surface area contributed by atoms with E-state index in [0.717, 1.165) is 24.8 Å². The van der Waals surface area contributed by atoms with Crippen LogP contribution in [0.3, 0.4) is 0 Å². The Bertz CT molecular complexity index is 732. The largest absolute Gasteiger partial charge is 0.298 e. The molecule has 3 aliphatic carbocycles. The van der Waals surface area contributed by atoms with Gasteiger partial charge in [0.25, 0.3) is 0 Å². The average Bonchev–Trinajstić information content (AvgIpc) is 2.52. The lowest BCUT2D eigenvalue weighted by molar-refractivity contribution is -0.145. The van der Waals surface area contributed by atoms with E-state index in [4.69, 9.17) is 0 Å². The zero-order valence-electron chi connectivity index (χ0n) is 15.1. The number of rotatable bonds is 0. The lowest BCUT2D eigenvalue weighted by Gasteiger charge is -2.61. The smallest absolute Gasteiger partial charge is 0.155 e. The van der Waals surface area contributed by atoms with Crippen LogP contribution in [0.25, 0.3) is 0 Å². The summed E-state index contributed by atoms with van der Waals surface area (Å²) in [5.41, 5.74) is 1.53. The predicted octanol–water partition coefficient (Wildman–Crippen LogP) is 4.57. The summed E-state index contributed by atoms with van der Waals surface area (Å²) in [4.78, 5) is 12.8. The van der Waals surface area contributed by atoms with Gasteiger partial charge in [-0.2, -0.15) is 10.5 Å². The maximum absolute atomic E-state index is 12.8. The van der Waals surface area contributed by atoms with Crippen molar-refractivity contribution in [3.8, 4) is 12.1 Å². The topological polar surface area (TPSA) is 64.7 Å². The normalized spacial score (nSPS) is 43.8. The molecule has 0 spiro atoms. The van der Waals surface area contributed by atoms with Crippen LogP contribution in [0.5, 0.6) is 0 Å². The molecular formula is C21H26N2O. The second kappa shape index (κ2) is 5.06. The summed E-state index contributed by atoms with van der Waals surface area (Å²) in [5.74, 6) is -0.315. The van der Waals surface area contributed by atoms with E-state index < -0.39 is 11.3 Å².